The highest BCUT2D eigenvalue weighted by atomic mass is 19.4. The first-order valence-electron chi connectivity index (χ1n) is 8.22. The molecule has 1 aliphatic heterocycles. The minimum atomic E-state index is -4.60. The third-order valence-corrected chi connectivity index (χ3v) is 5.02. The van der Waals surface area contributed by atoms with Crippen LogP contribution in [0.5, 0.6) is 0 Å². The van der Waals surface area contributed by atoms with Gasteiger partial charge >= 0.3 is 6.18 Å². The third kappa shape index (κ3) is 3.24. The molecule has 1 spiro atoms. The zero-order valence-electron chi connectivity index (χ0n) is 13.6. The van der Waals surface area contributed by atoms with E-state index in [4.69, 9.17) is 0 Å². The molecule has 0 N–H and O–H groups in total. The van der Waals surface area contributed by atoms with Crippen LogP contribution < -0.4 is 0 Å². The Labute approximate surface area is 138 Å². The van der Waals surface area contributed by atoms with Gasteiger partial charge < -0.3 is 9.80 Å². The number of hydrogen-bond acceptors (Lipinski definition) is 4. The van der Waals surface area contributed by atoms with Crippen molar-refractivity contribution in [2.24, 2.45) is 0 Å². The van der Waals surface area contributed by atoms with Gasteiger partial charge in [-0.1, -0.05) is 19.3 Å². The average molecular weight is 342 g/mol. The van der Waals surface area contributed by atoms with Crippen LogP contribution in [0.15, 0.2) is 12.4 Å². The molecule has 1 aliphatic carbocycles. The number of piperazine rings is 1. The van der Waals surface area contributed by atoms with E-state index >= 15 is 0 Å². The van der Waals surface area contributed by atoms with Gasteiger partial charge in [-0.2, -0.15) is 13.2 Å². The number of carbonyl (C=O) groups is 1. The molecular weight excluding hydrogens is 321 g/mol. The fourth-order valence-electron chi connectivity index (χ4n) is 3.87. The van der Waals surface area contributed by atoms with E-state index in [1.807, 2.05) is 11.9 Å². The van der Waals surface area contributed by atoms with Gasteiger partial charge in [0.2, 0.25) is 5.82 Å². The maximum Gasteiger partial charge on any atom is 0.451 e. The lowest BCUT2D eigenvalue weighted by atomic mass is 9.78. The van der Waals surface area contributed by atoms with Gasteiger partial charge in [-0.25, -0.2) is 9.97 Å². The van der Waals surface area contributed by atoms with Crippen LogP contribution in [-0.2, 0) is 6.18 Å². The van der Waals surface area contributed by atoms with Gasteiger partial charge in [-0.3, -0.25) is 4.79 Å². The van der Waals surface area contributed by atoms with E-state index in [2.05, 4.69) is 14.9 Å². The summed E-state index contributed by atoms with van der Waals surface area (Å²) in [6.45, 7) is 2.14. The highest BCUT2D eigenvalue weighted by Crippen LogP contribution is 2.37. The Kier molecular flexibility index (Phi) is 4.50. The first kappa shape index (κ1) is 17.1. The Balaban J connectivity index is 1.84. The quantitative estimate of drug-likeness (QED) is 0.787. The van der Waals surface area contributed by atoms with Crippen molar-refractivity contribution in [3.63, 3.8) is 0 Å². The van der Waals surface area contributed by atoms with Gasteiger partial charge in [0.05, 0.1) is 11.1 Å². The second kappa shape index (κ2) is 6.31. The van der Waals surface area contributed by atoms with Crippen LogP contribution in [0.3, 0.4) is 0 Å². The summed E-state index contributed by atoms with van der Waals surface area (Å²) < 4.78 is 37.7. The molecule has 2 heterocycles. The summed E-state index contributed by atoms with van der Waals surface area (Å²) >= 11 is 0. The lowest BCUT2D eigenvalue weighted by molar-refractivity contribution is -0.145. The Bertz CT molecular complexity index is 596. The number of rotatable bonds is 1. The summed E-state index contributed by atoms with van der Waals surface area (Å²) in [4.78, 5) is 23.6. The van der Waals surface area contributed by atoms with Gasteiger partial charge in [-0.05, 0) is 19.9 Å². The van der Waals surface area contributed by atoms with Crippen molar-refractivity contribution < 1.29 is 18.0 Å². The number of likely N-dealkylation sites (N-methyl/N-ethyl adjacent to an activating group) is 1. The molecule has 1 saturated carbocycles. The van der Waals surface area contributed by atoms with Gasteiger partial charge in [0.25, 0.3) is 5.91 Å². The van der Waals surface area contributed by atoms with E-state index < -0.39 is 12.0 Å². The number of hydrogen-bond donors (Lipinski definition) is 0. The summed E-state index contributed by atoms with van der Waals surface area (Å²) in [7, 11) is 2.04. The Morgan fingerprint density at radius 1 is 1.12 bits per heavy atom. The Morgan fingerprint density at radius 3 is 2.33 bits per heavy atom. The van der Waals surface area contributed by atoms with Crippen LogP contribution >= 0.6 is 0 Å². The van der Waals surface area contributed by atoms with Gasteiger partial charge in [-0.15, -0.1) is 0 Å². The highest BCUT2D eigenvalue weighted by molar-refractivity contribution is 5.94. The predicted molar refractivity (Wildman–Crippen MR) is 81.4 cm³/mol. The monoisotopic (exact) mass is 342 g/mol. The zero-order chi connectivity index (χ0) is 17.4. The number of alkyl halides is 3. The summed E-state index contributed by atoms with van der Waals surface area (Å²) in [5.74, 6) is -1.48. The van der Waals surface area contributed by atoms with Crippen LogP contribution in [0.4, 0.5) is 13.2 Å². The molecule has 0 aromatic carbocycles. The van der Waals surface area contributed by atoms with Crippen molar-refractivity contribution in [3.8, 4) is 0 Å². The zero-order valence-corrected chi connectivity index (χ0v) is 13.6. The van der Waals surface area contributed by atoms with Crippen molar-refractivity contribution in [1.29, 1.82) is 0 Å². The molecular formula is C16H21F3N4O. The lowest BCUT2D eigenvalue weighted by Gasteiger charge is -2.52. The second-order valence-corrected chi connectivity index (χ2v) is 6.77. The number of halogens is 3. The largest absolute Gasteiger partial charge is 0.451 e. The fraction of sp³-hybridized carbons (Fsp3) is 0.688. The molecule has 132 valence electrons. The van der Waals surface area contributed by atoms with E-state index in [0.717, 1.165) is 57.6 Å². The molecule has 1 saturated heterocycles. The van der Waals surface area contributed by atoms with Crippen molar-refractivity contribution in [3.05, 3.63) is 23.8 Å². The SMILES string of the molecule is CN1CCN(C(=O)c2cnc(C(F)(F)F)nc2)C2(CCCCC2)C1. The molecule has 0 atom stereocenters. The maximum absolute atomic E-state index is 12.9. The van der Waals surface area contributed by atoms with Crippen molar-refractivity contribution in [2.75, 3.05) is 26.7 Å². The van der Waals surface area contributed by atoms with Crippen molar-refractivity contribution in [2.45, 2.75) is 43.8 Å². The minimum absolute atomic E-state index is 0.123. The van der Waals surface area contributed by atoms with Gasteiger partial charge in [0, 0.05) is 32.0 Å². The summed E-state index contributed by atoms with van der Waals surface area (Å²) in [5, 5.41) is 0. The smallest absolute Gasteiger partial charge is 0.330 e. The predicted octanol–water partition coefficient (Wildman–Crippen LogP) is 2.59. The van der Waals surface area contributed by atoms with E-state index in [1.54, 1.807) is 0 Å². The van der Waals surface area contributed by atoms with E-state index in [-0.39, 0.29) is 17.0 Å². The molecule has 8 heteroatoms. The standard InChI is InChI=1S/C16H21F3N4O/c1-22-7-8-23(15(11-22)5-3-2-4-6-15)13(24)12-9-20-14(21-10-12)16(17,18)19/h9-10H,2-8,11H2,1H3. The molecule has 1 amide bonds. The molecule has 0 unspecified atom stereocenters. The molecule has 5 nitrogen and oxygen atoms in total. The lowest BCUT2D eigenvalue weighted by Crippen LogP contribution is -2.63. The van der Waals surface area contributed by atoms with Gasteiger partial charge in [0.1, 0.15) is 0 Å². The third-order valence-electron chi connectivity index (χ3n) is 5.02. The van der Waals surface area contributed by atoms with Crippen molar-refractivity contribution >= 4 is 5.91 Å². The Hall–Kier alpha value is -1.70. The first-order valence-corrected chi connectivity index (χ1v) is 8.22. The van der Waals surface area contributed by atoms with E-state index in [9.17, 15) is 18.0 Å². The maximum atomic E-state index is 12.9. The van der Waals surface area contributed by atoms with Crippen molar-refractivity contribution in [1.82, 2.24) is 19.8 Å². The van der Waals surface area contributed by atoms with E-state index in [1.165, 1.54) is 0 Å². The van der Waals surface area contributed by atoms with Crippen LogP contribution in [0.2, 0.25) is 0 Å². The summed E-state index contributed by atoms with van der Waals surface area (Å²) in [6, 6.07) is 0. The fourth-order valence-corrected chi connectivity index (χ4v) is 3.87. The molecule has 1 aromatic heterocycles. The average Bonchev–Trinajstić information content (AvgIpc) is 2.54. The number of aromatic nitrogens is 2. The molecule has 0 bridgehead atoms. The van der Waals surface area contributed by atoms with Crippen LogP contribution in [-0.4, -0.2) is 57.9 Å². The number of nitrogens with zero attached hydrogens (tertiary/aromatic N) is 4. The minimum Gasteiger partial charge on any atom is -0.330 e. The number of carbonyl (C=O) groups excluding carboxylic acids is 1. The van der Waals surface area contributed by atoms with Crippen LogP contribution in [0.25, 0.3) is 0 Å². The highest BCUT2D eigenvalue weighted by Gasteiger charge is 2.44. The topological polar surface area (TPSA) is 49.3 Å². The van der Waals surface area contributed by atoms with Crippen LogP contribution in [0, 0.1) is 0 Å². The normalized spacial score (nSPS) is 21.9. The molecule has 24 heavy (non-hydrogen) atoms. The number of amides is 1. The molecule has 2 fully saturated rings. The summed E-state index contributed by atoms with van der Waals surface area (Å²) in [6.07, 6.45) is 2.56. The van der Waals surface area contributed by atoms with Crippen LogP contribution in [0.1, 0.15) is 48.3 Å². The molecule has 1 aromatic rings. The van der Waals surface area contributed by atoms with E-state index in [0.29, 0.717) is 6.54 Å². The molecule has 2 aliphatic rings. The second-order valence-electron chi connectivity index (χ2n) is 6.77. The summed E-state index contributed by atoms with van der Waals surface area (Å²) in [5.41, 5.74) is -0.0945. The van der Waals surface area contributed by atoms with Gasteiger partial charge in [0.15, 0.2) is 0 Å². The Morgan fingerprint density at radius 2 is 1.75 bits per heavy atom. The molecule has 3 rings (SSSR count). The molecule has 0 radical (unpaired) electrons. The first-order chi connectivity index (χ1) is 11.3.